The molecule has 0 aromatic carbocycles. The highest BCUT2D eigenvalue weighted by Crippen LogP contribution is 2.29. The van der Waals surface area contributed by atoms with Crippen LogP contribution >= 0.6 is 11.3 Å². The predicted octanol–water partition coefficient (Wildman–Crippen LogP) is 2.38. The van der Waals surface area contributed by atoms with Crippen molar-refractivity contribution in [3.63, 3.8) is 0 Å². The van der Waals surface area contributed by atoms with Crippen molar-refractivity contribution < 1.29 is 9.53 Å². The van der Waals surface area contributed by atoms with Gasteiger partial charge in [0, 0.05) is 26.1 Å². The predicted molar refractivity (Wildman–Crippen MR) is 79.1 cm³/mol. The molecular weight excluding hydrogens is 276 g/mol. The van der Waals surface area contributed by atoms with Gasteiger partial charge in [-0.25, -0.2) is 4.79 Å². The van der Waals surface area contributed by atoms with Gasteiger partial charge >= 0.3 is 6.03 Å². The van der Waals surface area contributed by atoms with E-state index < -0.39 is 0 Å². The Hall–Kier alpha value is -1.21. The zero-order valence-corrected chi connectivity index (χ0v) is 13.1. The number of rotatable bonds is 5. The third-order valence-corrected chi connectivity index (χ3v) is 4.21. The van der Waals surface area contributed by atoms with Gasteiger partial charge in [0.25, 0.3) is 0 Å². The monoisotopic (exact) mass is 298 g/mol. The molecule has 0 spiro atoms. The minimum absolute atomic E-state index is 0.0805. The molecule has 0 radical (unpaired) electrons. The van der Waals surface area contributed by atoms with E-state index in [-0.39, 0.29) is 11.4 Å². The summed E-state index contributed by atoms with van der Waals surface area (Å²) in [6, 6.07) is -0.0805. The van der Waals surface area contributed by atoms with Crippen molar-refractivity contribution in [2.75, 3.05) is 31.6 Å². The van der Waals surface area contributed by atoms with Crippen molar-refractivity contribution in [2.45, 2.75) is 33.6 Å². The minimum atomic E-state index is -0.0805. The van der Waals surface area contributed by atoms with Crippen LogP contribution in [0.4, 0.5) is 9.93 Å². The van der Waals surface area contributed by atoms with E-state index in [4.69, 9.17) is 4.74 Å². The summed E-state index contributed by atoms with van der Waals surface area (Å²) in [4.78, 5) is 13.9. The molecule has 112 valence electrons. The first-order valence-electron chi connectivity index (χ1n) is 6.96. The van der Waals surface area contributed by atoms with E-state index in [0.717, 1.165) is 30.9 Å². The SMILES string of the molecule is CCOCCc1nnc(NC(=O)N2CCC(C)(C)C2)s1. The molecule has 1 fully saturated rings. The highest BCUT2D eigenvalue weighted by atomic mass is 32.1. The summed E-state index contributed by atoms with van der Waals surface area (Å²) in [6.45, 7) is 9.24. The van der Waals surface area contributed by atoms with Gasteiger partial charge in [-0.1, -0.05) is 25.2 Å². The molecule has 2 amide bonds. The maximum atomic E-state index is 12.1. The van der Waals surface area contributed by atoms with Gasteiger partial charge in [-0.05, 0) is 18.8 Å². The third-order valence-electron chi connectivity index (χ3n) is 3.31. The Labute approximate surface area is 123 Å². The first-order chi connectivity index (χ1) is 9.50. The fourth-order valence-electron chi connectivity index (χ4n) is 2.17. The van der Waals surface area contributed by atoms with E-state index in [2.05, 4.69) is 29.4 Å². The van der Waals surface area contributed by atoms with Crippen LogP contribution < -0.4 is 5.32 Å². The van der Waals surface area contributed by atoms with Gasteiger partial charge in [0.2, 0.25) is 5.13 Å². The first kappa shape index (κ1) is 15.2. The standard InChI is InChI=1S/C13H22N4O2S/c1-4-19-8-5-10-15-16-11(20-10)14-12(18)17-7-6-13(2,3)9-17/h4-9H2,1-3H3,(H,14,16,18). The number of hydrogen-bond donors (Lipinski definition) is 1. The van der Waals surface area contributed by atoms with E-state index in [1.165, 1.54) is 11.3 Å². The van der Waals surface area contributed by atoms with Crippen LogP contribution in [-0.4, -0.2) is 47.4 Å². The number of carbonyl (C=O) groups is 1. The molecule has 7 heteroatoms. The number of hydrogen-bond acceptors (Lipinski definition) is 5. The molecule has 1 saturated heterocycles. The van der Waals surface area contributed by atoms with Gasteiger partial charge in [-0.15, -0.1) is 10.2 Å². The molecule has 0 aliphatic carbocycles. The van der Waals surface area contributed by atoms with Crippen LogP contribution in [-0.2, 0) is 11.2 Å². The summed E-state index contributed by atoms with van der Waals surface area (Å²) in [6.07, 6.45) is 1.77. The molecule has 20 heavy (non-hydrogen) atoms. The summed E-state index contributed by atoms with van der Waals surface area (Å²) in [5.74, 6) is 0. The number of anilines is 1. The molecule has 1 aliphatic heterocycles. The number of ether oxygens (including phenoxy) is 1. The maximum absolute atomic E-state index is 12.1. The molecule has 0 bridgehead atoms. The van der Waals surface area contributed by atoms with Crippen molar-refractivity contribution >= 4 is 22.5 Å². The molecule has 1 N–H and O–H groups in total. The second kappa shape index (κ2) is 6.49. The number of likely N-dealkylation sites (tertiary alicyclic amines) is 1. The maximum Gasteiger partial charge on any atom is 0.323 e. The van der Waals surface area contributed by atoms with Crippen molar-refractivity contribution in [1.82, 2.24) is 15.1 Å². The quantitative estimate of drug-likeness (QED) is 0.848. The van der Waals surface area contributed by atoms with Crippen molar-refractivity contribution in [2.24, 2.45) is 5.41 Å². The van der Waals surface area contributed by atoms with Crippen LogP contribution in [0, 0.1) is 5.41 Å². The molecule has 0 atom stereocenters. The second-order valence-electron chi connectivity index (χ2n) is 5.71. The van der Waals surface area contributed by atoms with E-state index in [9.17, 15) is 4.79 Å². The lowest BCUT2D eigenvalue weighted by molar-refractivity contribution is 0.150. The molecule has 1 aromatic heterocycles. The molecule has 1 aliphatic rings. The molecule has 0 unspecified atom stereocenters. The zero-order valence-electron chi connectivity index (χ0n) is 12.3. The Bertz CT molecular complexity index is 461. The Morgan fingerprint density at radius 3 is 2.95 bits per heavy atom. The average molecular weight is 298 g/mol. The molecule has 2 heterocycles. The molecule has 6 nitrogen and oxygen atoms in total. The second-order valence-corrected chi connectivity index (χ2v) is 6.78. The van der Waals surface area contributed by atoms with E-state index >= 15 is 0 Å². The topological polar surface area (TPSA) is 67.4 Å². The number of aromatic nitrogens is 2. The summed E-state index contributed by atoms with van der Waals surface area (Å²) < 4.78 is 5.28. The number of nitrogens with one attached hydrogen (secondary N) is 1. The van der Waals surface area contributed by atoms with Crippen molar-refractivity contribution in [3.8, 4) is 0 Å². The third kappa shape index (κ3) is 4.14. The van der Waals surface area contributed by atoms with Crippen LogP contribution in [0.3, 0.4) is 0 Å². The molecular formula is C13H22N4O2S. The molecule has 1 aromatic rings. The summed E-state index contributed by atoms with van der Waals surface area (Å²) in [5, 5.41) is 12.3. The first-order valence-corrected chi connectivity index (χ1v) is 7.78. The lowest BCUT2D eigenvalue weighted by Crippen LogP contribution is -2.34. The molecule has 2 rings (SSSR count). The van der Waals surface area contributed by atoms with Gasteiger partial charge in [0.1, 0.15) is 5.01 Å². The Kier molecular flexibility index (Phi) is 4.93. The Balaban J connectivity index is 1.83. The number of amides is 2. The van der Waals surface area contributed by atoms with Crippen LogP contribution in [0.1, 0.15) is 32.2 Å². The smallest absolute Gasteiger partial charge is 0.323 e. The number of urea groups is 1. The number of carbonyl (C=O) groups excluding carboxylic acids is 1. The van der Waals surface area contributed by atoms with Crippen LogP contribution in [0.2, 0.25) is 0 Å². The van der Waals surface area contributed by atoms with E-state index in [0.29, 0.717) is 18.3 Å². The normalized spacial score (nSPS) is 17.4. The van der Waals surface area contributed by atoms with Crippen molar-refractivity contribution in [3.05, 3.63) is 5.01 Å². The van der Waals surface area contributed by atoms with Gasteiger partial charge < -0.3 is 9.64 Å². The van der Waals surface area contributed by atoms with E-state index in [1.54, 1.807) is 0 Å². The minimum Gasteiger partial charge on any atom is -0.381 e. The Morgan fingerprint density at radius 1 is 1.50 bits per heavy atom. The van der Waals surface area contributed by atoms with Gasteiger partial charge in [0.05, 0.1) is 6.61 Å². The van der Waals surface area contributed by atoms with Crippen LogP contribution in [0.5, 0.6) is 0 Å². The Morgan fingerprint density at radius 2 is 2.30 bits per heavy atom. The van der Waals surface area contributed by atoms with Gasteiger partial charge in [-0.2, -0.15) is 0 Å². The van der Waals surface area contributed by atoms with Crippen LogP contribution in [0.25, 0.3) is 0 Å². The highest BCUT2D eigenvalue weighted by Gasteiger charge is 2.32. The fraction of sp³-hybridized carbons (Fsp3) is 0.769. The highest BCUT2D eigenvalue weighted by molar-refractivity contribution is 7.15. The van der Waals surface area contributed by atoms with Crippen molar-refractivity contribution in [1.29, 1.82) is 0 Å². The zero-order chi connectivity index (χ0) is 14.6. The molecule has 0 saturated carbocycles. The summed E-state index contributed by atoms with van der Waals surface area (Å²) >= 11 is 1.41. The lowest BCUT2D eigenvalue weighted by atomic mass is 9.93. The summed E-state index contributed by atoms with van der Waals surface area (Å²) in [7, 11) is 0. The average Bonchev–Trinajstić information content (AvgIpc) is 2.96. The van der Waals surface area contributed by atoms with E-state index in [1.807, 2.05) is 11.8 Å². The fourth-order valence-corrected chi connectivity index (χ4v) is 2.88. The number of nitrogens with zero attached hydrogens (tertiary/aromatic N) is 3. The lowest BCUT2D eigenvalue weighted by Gasteiger charge is -2.19. The van der Waals surface area contributed by atoms with Gasteiger partial charge in [-0.3, -0.25) is 5.32 Å². The largest absolute Gasteiger partial charge is 0.381 e. The van der Waals surface area contributed by atoms with Gasteiger partial charge in [0.15, 0.2) is 0 Å². The summed E-state index contributed by atoms with van der Waals surface area (Å²) in [5.41, 5.74) is 0.209. The van der Waals surface area contributed by atoms with Crippen LogP contribution in [0.15, 0.2) is 0 Å².